The van der Waals surface area contributed by atoms with E-state index < -0.39 is 0 Å². The number of nitrogens with zero attached hydrogens (tertiary/aromatic N) is 1. The molecule has 6 heteroatoms. The minimum Gasteiger partial charge on any atom is -0.389 e. The molecular weight excluding hydrogens is 300 g/mol. The number of thiocarbonyl (C=S) groups is 2. The fraction of sp³-hybridized carbons (Fsp3) is 0. The van der Waals surface area contributed by atoms with Gasteiger partial charge in [0.25, 0.3) is 0 Å². The molecule has 4 nitrogen and oxygen atoms in total. The summed E-state index contributed by atoms with van der Waals surface area (Å²) in [6.45, 7) is 0. The fourth-order valence-electron chi connectivity index (χ4n) is 2.12. The molecule has 3 aromatic rings. The van der Waals surface area contributed by atoms with E-state index >= 15 is 0 Å². The lowest BCUT2D eigenvalue weighted by molar-refractivity contribution is 1.33. The van der Waals surface area contributed by atoms with Crippen LogP contribution >= 0.6 is 24.4 Å². The highest BCUT2D eigenvalue weighted by Crippen LogP contribution is 2.22. The average Bonchev–Trinajstić information content (AvgIpc) is 2.90. The first kappa shape index (κ1) is 13.7. The molecule has 104 valence electrons. The average molecular weight is 312 g/mol. The van der Waals surface area contributed by atoms with E-state index in [2.05, 4.69) is 9.97 Å². The number of fused-ring (bicyclic) bond motifs is 1. The van der Waals surface area contributed by atoms with E-state index in [9.17, 15) is 0 Å². The smallest absolute Gasteiger partial charge is 0.138 e. The zero-order valence-electron chi connectivity index (χ0n) is 11.0. The van der Waals surface area contributed by atoms with Crippen molar-refractivity contribution in [2.75, 3.05) is 0 Å². The zero-order chi connectivity index (χ0) is 15.0. The number of benzene rings is 2. The quantitative estimate of drug-likeness (QED) is 0.647. The van der Waals surface area contributed by atoms with Crippen molar-refractivity contribution in [3.63, 3.8) is 0 Å². The number of nitrogens with two attached hydrogens (primary N) is 2. The molecule has 1 aromatic heterocycles. The standard InChI is InChI=1S/C15H12N4S2/c16-13(20)8-2-1-3-10(6-8)15-18-11-5-4-9(14(17)21)7-12(11)19-15/h1-7H,(H2,16,20)(H2,17,21)(H,18,19). The van der Waals surface area contributed by atoms with E-state index in [1.54, 1.807) is 0 Å². The van der Waals surface area contributed by atoms with Crippen LogP contribution in [0, 0.1) is 0 Å². The lowest BCUT2D eigenvalue weighted by Gasteiger charge is -2.00. The van der Waals surface area contributed by atoms with Gasteiger partial charge in [0.05, 0.1) is 11.0 Å². The van der Waals surface area contributed by atoms with Gasteiger partial charge < -0.3 is 16.5 Å². The second kappa shape index (κ2) is 5.23. The van der Waals surface area contributed by atoms with Gasteiger partial charge in [-0.2, -0.15) is 0 Å². The summed E-state index contributed by atoms with van der Waals surface area (Å²) in [5.74, 6) is 0.753. The minimum atomic E-state index is 0.364. The molecule has 0 unspecified atom stereocenters. The molecule has 0 amide bonds. The Bertz CT molecular complexity index is 867. The summed E-state index contributed by atoms with van der Waals surface area (Å²) in [5, 5.41) is 0. The first-order valence-corrected chi connectivity index (χ1v) is 7.06. The summed E-state index contributed by atoms with van der Waals surface area (Å²) < 4.78 is 0. The van der Waals surface area contributed by atoms with Crippen molar-refractivity contribution >= 4 is 45.4 Å². The highest BCUT2D eigenvalue weighted by Gasteiger charge is 2.08. The highest BCUT2D eigenvalue weighted by molar-refractivity contribution is 7.80. The van der Waals surface area contributed by atoms with Crippen molar-refractivity contribution in [3.8, 4) is 11.4 Å². The summed E-state index contributed by atoms with van der Waals surface area (Å²) in [6, 6.07) is 13.3. The van der Waals surface area contributed by atoms with Crippen LogP contribution in [0.15, 0.2) is 42.5 Å². The number of hydrogen-bond acceptors (Lipinski definition) is 3. The van der Waals surface area contributed by atoms with Gasteiger partial charge >= 0.3 is 0 Å². The number of aromatic nitrogens is 2. The van der Waals surface area contributed by atoms with Crippen molar-refractivity contribution in [2.24, 2.45) is 11.5 Å². The van der Waals surface area contributed by atoms with E-state index in [4.69, 9.17) is 35.9 Å². The Labute approximate surface area is 132 Å². The van der Waals surface area contributed by atoms with Crippen LogP contribution in [-0.4, -0.2) is 19.9 Å². The summed E-state index contributed by atoms with van der Waals surface area (Å²) in [5.41, 5.74) is 15.6. The summed E-state index contributed by atoms with van der Waals surface area (Å²) in [7, 11) is 0. The minimum absolute atomic E-state index is 0.364. The highest BCUT2D eigenvalue weighted by atomic mass is 32.1. The van der Waals surface area contributed by atoms with Crippen LogP contribution < -0.4 is 11.5 Å². The van der Waals surface area contributed by atoms with Crippen molar-refractivity contribution in [2.45, 2.75) is 0 Å². The van der Waals surface area contributed by atoms with Gasteiger partial charge in [0.1, 0.15) is 15.8 Å². The van der Waals surface area contributed by atoms with Gasteiger partial charge in [-0.3, -0.25) is 0 Å². The molecule has 21 heavy (non-hydrogen) atoms. The third-order valence-corrected chi connectivity index (χ3v) is 3.66. The van der Waals surface area contributed by atoms with Crippen molar-refractivity contribution in [3.05, 3.63) is 53.6 Å². The van der Waals surface area contributed by atoms with Crippen molar-refractivity contribution < 1.29 is 0 Å². The molecule has 0 fully saturated rings. The number of rotatable bonds is 3. The maximum absolute atomic E-state index is 5.66. The summed E-state index contributed by atoms with van der Waals surface area (Å²) >= 11 is 9.99. The van der Waals surface area contributed by atoms with Crippen LogP contribution in [0.25, 0.3) is 22.4 Å². The van der Waals surface area contributed by atoms with E-state index in [0.29, 0.717) is 9.98 Å². The number of hydrogen-bond donors (Lipinski definition) is 3. The van der Waals surface area contributed by atoms with Gasteiger partial charge in [0.15, 0.2) is 0 Å². The molecule has 0 aliphatic carbocycles. The number of imidazole rings is 1. The number of nitrogens with one attached hydrogen (secondary N) is 1. The van der Waals surface area contributed by atoms with E-state index in [-0.39, 0.29) is 0 Å². The zero-order valence-corrected chi connectivity index (χ0v) is 12.6. The predicted octanol–water partition coefficient (Wildman–Crippen LogP) is 2.50. The number of H-pyrrole nitrogens is 1. The lowest BCUT2D eigenvalue weighted by Crippen LogP contribution is -2.09. The monoisotopic (exact) mass is 312 g/mol. The Morgan fingerprint density at radius 2 is 1.67 bits per heavy atom. The SMILES string of the molecule is NC(=S)c1cccc(-c2nc3ccc(C(N)=S)cc3[nH]2)c1. The molecule has 0 atom stereocenters. The Balaban J connectivity index is 2.10. The van der Waals surface area contributed by atoms with Gasteiger partial charge in [-0.05, 0) is 24.3 Å². The first-order chi connectivity index (χ1) is 10.0. The molecular formula is C15H12N4S2. The van der Waals surface area contributed by atoms with Gasteiger partial charge in [0.2, 0.25) is 0 Å². The van der Waals surface area contributed by atoms with Crippen molar-refractivity contribution in [1.82, 2.24) is 9.97 Å². The van der Waals surface area contributed by atoms with Crippen LogP contribution in [0.2, 0.25) is 0 Å². The molecule has 0 saturated carbocycles. The molecule has 0 spiro atoms. The van der Waals surface area contributed by atoms with Crippen LogP contribution in [-0.2, 0) is 0 Å². The maximum atomic E-state index is 5.66. The molecule has 0 aliphatic rings. The van der Waals surface area contributed by atoms with Gasteiger partial charge in [-0.15, -0.1) is 0 Å². The van der Waals surface area contributed by atoms with Gasteiger partial charge in [-0.25, -0.2) is 4.98 Å². The van der Waals surface area contributed by atoms with E-state index in [0.717, 1.165) is 33.5 Å². The molecule has 2 aromatic carbocycles. The second-order valence-electron chi connectivity index (χ2n) is 4.63. The molecule has 0 aliphatic heterocycles. The van der Waals surface area contributed by atoms with Crippen molar-refractivity contribution in [1.29, 1.82) is 0 Å². The Hall–Kier alpha value is -2.31. The van der Waals surface area contributed by atoms with E-state index in [1.807, 2.05) is 42.5 Å². The summed E-state index contributed by atoms with van der Waals surface area (Å²) in [4.78, 5) is 8.55. The van der Waals surface area contributed by atoms with Crippen LogP contribution in [0.3, 0.4) is 0 Å². The maximum Gasteiger partial charge on any atom is 0.138 e. The van der Waals surface area contributed by atoms with Crippen LogP contribution in [0.5, 0.6) is 0 Å². The molecule has 1 heterocycles. The second-order valence-corrected chi connectivity index (χ2v) is 5.51. The van der Waals surface area contributed by atoms with Gasteiger partial charge in [-0.1, -0.05) is 42.6 Å². The predicted molar refractivity (Wildman–Crippen MR) is 93.3 cm³/mol. The molecule has 5 N–H and O–H groups in total. The largest absolute Gasteiger partial charge is 0.389 e. The lowest BCUT2D eigenvalue weighted by atomic mass is 10.1. The topological polar surface area (TPSA) is 80.7 Å². The Kier molecular flexibility index (Phi) is 3.40. The summed E-state index contributed by atoms with van der Waals surface area (Å²) in [6.07, 6.45) is 0. The molecule has 3 rings (SSSR count). The Morgan fingerprint density at radius 1 is 0.952 bits per heavy atom. The molecule has 0 radical (unpaired) electrons. The van der Waals surface area contributed by atoms with E-state index in [1.165, 1.54) is 0 Å². The normalized spacial score (nSPS) is 10.7. The third-order valence-electron chi connectivity index (χ3n) is 3.19. The molecule has 0 bridgehead atoms. The van der Waals surface area contributed by atoms with Crippen LogP contribution in [0.1, 0.15) is 11.1 Å². The number of aromatic amines is 1. The molecule has 0 saturated heterocycles. The fourth-order valence-corrected chi connectivity index (χ4v) is 2.37. The van der Waals surface area contributed by atoms with Gasteiger partial charge in [0, 0.05) is 16.7 Å². The Morgan fingerprint density at radius 3 is 2.38 bits per heavy atom. The van der Waals surface area contributed by atoms with Crippen LogP contribution in [0.4, 0.5) is 0 Å². The third kappa shape index (κ3) is 2.63. The first-order valence-electron chi connectivity index (χ1n) is 6.24.